The molecule has 4 heteroatoms. The van der Waals surface area contributed by atoms with Crippen molar-refractivity contribution in [2.24, 2.45) is 11.8 Å². The average Bonchev–Trinajstić information content (AvgIpc) is 2.94. The maximum absolute atomic E-state index is 12.2. The lowest BCUT2D eigenvalue weighted by Crippen LogP contribution is -2.32. The number of nitrogens with zero attached hydrogens (tertiary/aromatic N) is 2. The van der Waals surface area contributed by atoms with Crippen molar-refractivity contribution in [3.8, 4) is 0 Å². The highest BCUT2D eigenvalue weighted by Gasteiger charge is 2.22. The summed E-state index contributed by atoms with van der Waals surface area (Å²) >= 11 is 0. The van der Waals surface area contributed by atoms with E-state index < -0.39 is 0 Å². The molecule has 126 valence electrons. The summed E-state index contributed by atoms with van der Waals surface area (Å²) in [5.74, 6) is 1.50. The number of hydrogen-bond acceptors (Lipinski definition) is 3. The zero-order valence-electron chi connectivity index (χ0n) is 14.4. The van der Waals surface area contributed by atoms with Gasteiger partial charge in [0.05, 0.1) is 0 Å². The topological polar surface area (TPSA) is 35.6 Å². The number of likely N-dealkylation sites (tertiary alicyclic amines) is 1. The van der Waals surface area contributed by atoms with Crippen LogP contribution in [0, 0.1) is 11.8 Å². The van der Waals surface area contributed by atoms with Crippen LogP contribution in [0.25, 0.3) is 0 Å². The first-order valence-corrected chi connectivity index (χ1v) is 8.93. The minimum Gasteiger partial charge on any atom is -0.372 e. The van der Waals surface area contributed by atoms with Crippen molar-refractivity contribution in [1.29, 1.82) is 0 Å². The van der Waals surface area contributed by atoms with Crippen LogP contribution in [0.4, 0.5) is 11.4 Å². The molecule has 1 N–H and O–H groups in total. The van der Waals surface area contributed by atoms with Crippen LogP contribution in [0.5, 0.6) is 0 Å². The van der Waals surface area contributed by atoms with Gasteiger partial charge in [-0.15, -0.1) is 0 Å². The molecule has 0 radical (unpaired) electrons. The molecule has 4 nitrogen and oxygen atoms in total. The van der Waals surface area contributed by atoms with Crippen LogP contribution in [-0.2, 0) is 4.79 Å². The summed E-state index contributed by atoms with van der Waals surface area (Å²) < 4.78 is 0. The molecule has 1 unspecified atom stereocenters. The van der Waals surface area contributed by atoms with Gasteiger partial charge in [0.2, 0.25) is 5.91 Å². The average molecular weight is 315 g/mol. The van der Waals surface area contributed by atoms with E-state index in [2.05, 4.69) is 41.2 Å². The second-order valence-electron chi connectivity index (χ2n) is 7.39. The molecule has 2 heterocycles. The van der Waals surface area contributed by atoms with Gasteiger partial charge in [0.25, 0.3) is 0 Å². The minimum atomic E-state index is 0.143. The number of carbonyl (C=O) groups excluding carboxylic acids is 1. The highest BCUT2D eigenvalue weighted by Crippen LogP contribution is 2.24. The molecule has 0 aromatic heterocycles. The van der Waals surface area contributed by atoms with Gasteiger partial charge in [0.15, 0.2) is 0 Å². The van der Waals surface area contributed by atoms with E-state index in [1.54, 1.807) is 0 Å². The Bertz CT molecular complexity index is 520. The second-order valence-corrected chi connectivity index (χ2v) is 7.39. The van der Waals surface area contributed by atoms with Gasteiger partial charge in [-0.25, -0.2) is 0 Å². The van der Waals surface area contributed by atoms with Gasteiger partial charge in [-0.05, 0) is 69.0 Å². The van der Waals surface area contributed by atoms with E-state index in [1.165, 1.54) is 18.5 Å². The van der Waals surface area contributed by atoms with Gasteiger partial charge in [-0.2, -0.15) is 0 Å². The maximum atomic E-state index is 12.2. The number of hydrogen-bond donors (Lipinski definition) is 1. The van der Waals surface area contributed by atoms with Gasteiger partial charge in [-0.1, -0.05) is 6.92 Å². The van der Waals surface area contributed by atoms with Gasteiger partial charge in [-0.3, -0.25) is 4.79 Å². The van der Waals surface area contributed by atoms with E-state index >= 15 is 0 Å². The summed E-state index contributed by atoms with van der Waals surface area (Å²) in [6.07, 6.45) is 4.31. The fourth-order valence-electron chi connectivity index (χ4n) is 3.69. The molecule has 0 spiro atoms. The molecule has 2 saturated heterocycles. The largest absolute Gasteiger partial charge is 0.372 e. The monoisotopic (exact) mass is 315 g/mol. The van der Waals surface area contributed by atoms with Crippen LogP contribution in [-0.4, -0.2) is 44.0 Å². The Kier molecular flexibility index (Phi) is 5.21. The third-order valence-electron chi connectivity index (χ3n) is 5.26. The van der Waals surface area contributed by atoms with Crippen LogP contribution in [0.1, 0.15) is 32.6 Å². The Morgan fingerprint density at radius 3 is 2.43 bits per heavy atom. The molecular weight excluding hydrogens is 286 g/mol. The Hall–Kier alpha value is -1.55. The number of carbonyl (C=O) groups is 1. The minimum absolute atomic E-state index is 0.143. The standard InChI is InChI=1S/C19H29N3O/c1-15-7-11-22(12-8-15)18-5-3-17(4-6-18)20-19(23)13-16-9-10-21(2)14-16/h3-6,15-16H,7-14H2,1-2H3,(H,20,23). The van der Waals surface area contributed by atoms with Crippen LogP contribution < -0.4 is 10.2 Å². The van der Waals surface area contributed by atoms with E-state index in [9.17, 15) is 4.79 Å². The molecule has 1 amide bonds. The SMILES string of the molecule is CC1CCN(c2ccc(NC(=O)CC3CCN(C)C3)cc2)CC1. The third kappa shape index (κ3) is 4.47. The number of piperidine rings is 1. The Balaban J connectivity index is 1.50. The van der Waals surface area contributed by atoms with Gasteiger partial charge < -0.3 is 15.1 Å². The fraction of sp³-hybridized carbons (Fsp3) is 0.632. The van der Waals surface area contributed by atoms with Crippen molar-refractivity contribution < 1.29 is 4.79 Å². The van der Waals surface area contributed by atoms with Crippen molar-refractivity contribution >= 4 is 17.3 Å². The molecule has 0 bridgehead atoms. The molecule has 2 fully saturated rings. The molecule has 0 saturated carbocycles. The molecule has 1 aromatic carbocycles. The second kappa shape index (κ2) is 7.35. The summed E-state index contributed by atoms with van der Waals surface area (Å²) in [6.45, 7) is 6.77. The molecule has 1 aromatic rings. The molecule has 23 heavy (non-hydrogen) atoms. The lowest BCUT2D eigenvalue weighted by Gasteiger charge is -2.32. The smallest absolute Gasteiger partial charge is 0.224 e. The first-order chi connectivity index (χ1) is 11.1. The first-order valence-electron chi connectivity index (χ1n) is 8.93. The fourth-order valence-corrected chi connectivity index (χ4v) is 3.69. The predicted octanol–water partition coefficient (Wildman–Crippen LogP) is 3.20. The molecule has 0 aliphatic carbocycles. The third-order valence-corrected chi connectivity index (χ3v) is 5.26. The predicted molar refractivity (Wildman–Crippen MR) is 95.9 cm³/mol. The van der Waals surface area contributed by atoms with E-state index in [-0.39, 0.29) is 5.91 Å². The number of anilines is 2. The highest BCUT2D eigenvalue weighted by molar-refractivity contribution is 5.91. The number of nitrogens with one attached hydrogen (secondary N) is 1. The summed E-state index contributed by atoms with van der Waals surface area (Å²) in [6, 6.07) is 8.34. The van der Waals surface area contributed by atoms with Crippen LogP contribution in [0.2, 0.25) is 0 Å². The summed E-state index contributed by atoms with van der Waals surface area (Å²) in [5.41, 5.74) is 2.18. The quantitative estimate of drug-likeness (QED) is 0.927. The van der Waals surface area contributed by atoms with Crippen LogP contribution >= 0.6 is 0 Å². The molecule has 2 aliphatic rings. The Morgan fingerprint density at radius 2 is 1.83 bits per heavy atom. The molecular formula is C19H29N3O. The Morgan fingerprint density at radius 1 is 1.13 bits per heavy atom. The highest BCUT2D eigenvalue weighted by atomic mass is 16.1. The summed E-state index contributed by atoms with van der Waals surface area (Å²) in [4.78, 5) is 16.9. The van der Waals surface area contributed by atoms with Gasteiger partial charge in [0, 0.05) is 37.4 Å². The van der Waals surface area contributed by atoms with Crippen molar-refractivity contribution in [2.45, 2.75) is 32.6 Å². The van der Waals surface area contributed by atoms with E-state index in [4.69, 9.17) is 0 Å². The lowest BCUT2D eigenvalue weighted by molar-refractivity contribution is -0.117. The lowest BCUT2D eigenvalue weighted by atomic mass is 9.99. The number of rotatable bonds is 4. The maximum Gasteiger partial charge on any atom is 0.224 e. The molecule has 3 rings (SSSR count). The van der Waals surface area contributed by atoms with Crippen molar-refractivity contribution in [3.63, 3.8) is 0 Å². The summed E-state index contributed by atoms with van der Waals surface area (Å²) in [7, 11) is 2.12. The van der Waals surface area contributed by atoms with Crippen LogP contribution in [0.3, 0.4) is 0 Å². The van der Waals surface area contributed by atoms with E-state index in [0.29, 0.717) is 12.3 Å². The van der Waals surface area contributed by atoms with E-state index in [0.717, 1.165) is 44.2 Å². The van der Waals surface area contributed by atoms with Crippen molar-refractivity contribution in [2.75, 3.05) is 43.4 Å². The van der Waals surface area contributed by atoms with E-state index in [1.807, 2.05) is 12.1 Å². The number of benzene rings is 1. The first kappa shape index (κ1) is 16.3. The Labute approximate surface area is 139 Å². The number of amides is 1. The molecule has 2 aliphatic heterocycles. The van der Waals surface area contributed by atoms with Crippen molar-refractivity contribution in [3.05, 3.63) is 24.3 Å². The van der Waals surface area contributed by atoms with Crippen LogP contribution in [0.15, 0.2) is 24.3 Å². The summed E-state index contributed by atoms with van der Waals surface area (Å²) in [5, 5.41) is 3.04. The van der Waals surface area contributed by atoms with Gasteiger partial charge in [0.1, 0.15) is 0 Å². The zero-order valence-corrected chi connectivity index (χ0v) is 14.4. The molecule has 1 atom stereocenters. The normalized spacial score (nSPS) is 23.2. The van der Waals surface area contributed by atoms with Gasteiger partial charge >= 0.3 is 0 Å². The van der Waals surface area contributed by atoms with Crippen molar-refractivity contribution in [1.82, 2.24) is 4.90 Å². The zero-order chi connectivity index (χ0) is 16.2.